The molecule has 0 spiro atoms. The van der Waals surface area contributed by atoms with Crippen LogP contribution in [0.25, 0.3) is 0 Å². The standard InChI is InChI=1S/C17H26N2O3S/c1-3-5-10-19(4-2)11-14(20)18-16-15(17(21)22)12-8-6-7-9-13(12)23-16/h3-11H2,1-2H3,(H,18,20)(H,21,22). The number of amides is 1. The molecule has 0 radical (unpaired) electrons. The highest BCUT2D eigenvalue weighted by Crippen LogP contribution is 2.38. The molecule has 2 N–H and O–H groups in total. The van der Waals surface area contributed by atoms with Crippen LogP contribution in [0.3, 0.4) is 0 Å². The zero-order chi connectivity index (χ0) is 16.8. The molecule has 23 heavy (non-hydrogen) atoms. The quantitative estimate of drug-likeness (QED) is 0.762. The van der Waals surface area contributed by atoms with Gasteiger partial charge in [-0.2, -0.15) is 0 Å². The number of hydrogen-bond acceptors (Lipinski definition) is 4. The summed E-state index contributed by atoms with van der Waals surface area (Å²) in [6, 6.07) is 0. The lowest BCUT2D eigenvalue weighted by Gasteiger charge is -2.19. The van der Waals surface area contributed by atoms with Gasteiger partial charge in [-0.05, 0) is 50.8 Å². The summed E-state index contributed by atoms with van der Waals surface area (Å²) in [6.45, 7) is 6.20. The Hall–Kier alpha value is -1.40. The first kappa shape index (κ1) is 17.9. The van der Waals surface area contributed by atoms with Gasteiger partial charge in [-0.1, -0.05) is 20.3 Å². The molecule has 6 heteroatoms. The lowest BCUT2D eigenvalue weighted by molar-refractivity contribution is -0.117. The highest BCUT2D eigenvalue weighted by atomic mass is 32.1. The number of carbonyl (C=O) groups is 2. The third-order valence-corrected chi connectivity index (χ3v) is 5.49. The van der Waals surface area contributed by atoms with Crippen LogP contribution in [0.4, 0.5) is 5.00 Å². The van der Waals surface area contributed by atoms with Crippen molar-refractivity contribution >= 4 is 28.2 Å². The van der Waals surface area contributed by atoms with Gasteiger partial charge in [0.2, 0.25) is 5.91 Å². The lowest BCUT2D eigenvalue weighted by atomic mass is 9.95. The van der Waals surface area contributed by atoms with Crippen molar-refractivity contribution in [1.82, 2.24) is 4.90 Å². The summed E-state index contributed by atoms with van der Waals surface area (Å²) < 4.78 is 0. The monoisotopic (exact) mass is 338 g/mol. The number of anilines is 1. The van der Waals surface area contributed by atoms with E-state index >= 15 is 0 Å². The Morgan fingerprint density at radius 1 is 1.26 bits per heavy atom. The maximum absolute atomic E-state index is 12.3. The van der Waals surface area contributed by atoms with Crippen molar-refractivity contribution in [3.05, 3.63) is 16.0 Å². The number of unbranched alkanes of at least 4 members (excludes halogenated alkanes) is 1. The number of likely N-dealkylation sites (N-methyl/N-ethyl adjacent to an activating group) is 1. The van der Waals surface area contributed by atoms with Crippen molar-refractivity contribution in [2.75, 3.05) is 25.0 Å². The SMILES string of the molecule is CCCCN(CC)CC(=O)Nc1sc2c(c1C(=O)O)CCCC2. The van der Waals surface area contributed by atoms with Crippen molar-refractivity contribution in [3.63, 3.8) is 0 Å². The topological polar surface area (TPSA) is 69.6 Å². The molecule has 1 heterocycles. The van der Waals surface area contributed by atoms with Gasteiger partial charge in [-0.3, -0.25) is 9.69 Å². The van der Waals surface area contributed by atoms with Crippen LogP contribution < -0.4 is 5.32 Å². The normalized spacial score (nSPS) is 13.9. The zero-order valence-corrected chi connectivity index (χ0v) is 14.8. The van der Waals surface area contributed by atoms with Crippen molar-refractivity contribution in [1.29, 1.82) is 0 Å². The van der Waals surface area contributed by atoms with Crippen LogP contribution in [0.2, 0.25) is 0 Å². The molecule has 0 aliphatic heterocycles. The number of nitrogens with zero attached hydrogens (tertiary/aromatic N) is 1. The van der Waals surface area contributed by atoms with E-state index in [1.54, 1.807) is 0 Å². The summed E-state index contributed by atoms with van der Waals surface area (Å²) >= 11 is 1.44. The van der Waals surface area contributed by atoms with E-state index in [1.165, 1.54) is 11.3 Å². The summed E-state index contributed by atoms with van der Waals surface area (Å²) in [5.74, 6) is -1.05. The summed E-state index contributed by atoms with van der Waals surface area (Å²) in [4.78, 5) is 27.1. The highest BCUT2D eigenvalue weighted by molar-refractivity contribution is 7.17. The van der Waals surface area contributed by atoms with Crippen LogP contribution in [-0.2, 0) is 17.6 Å². The van der Waals surface area contributed by atoms with Gasteiger partial charge in [0.25, 0.3) is 0 Å². The molecule has 2 rings (SSSR count). The second-order valence-electron chi connectivity index (χ2n) is 5.99. The summed E-state index contributed by atoms with van der Waals surface area (Å²) in [6.07, 6.45) is 6.01. The molecule has 0 saturated carbocycles. The number of fused-ring (bicyclic) bond motifs is 1. The average molecular weight is 338 g/mol. The molecular formula is C17H26N2O3S. The predicted octanol–water partition coefficient (Wildman–Crippen LogP) is 3.39. The van der Waals surface area contributed by atoms with Crippen LogP contribution in [-0.4, -0.2) is 41.5 Å². The maximum atomic E-state index is 12.3. The molecule has 1 aliphatic rings. The van der Waals surface area contributed by atoms with Gasteiger partial charge >= 0.3 is 5.97 Å². The van der Waals surface area contributed by atoms with Crippen molar-refractivity contribution in [2.24, 2.45) is 0 Å². The molecule has 1 aromatic rings. The van der Waals surface area contributed by atoms with Gasteiger partial charge in [0.15, 0.2) is 0 Å². The second kappa shape index (κ2) is 8.45. The Bertz CT molecular complexity index is 568. The molecule has 0 atom stereocenters. The van der Waals surface area contributed by atoms with E-state index in [-0.39, 0.29) is 5.91 Å². The summed E-state index contributed by atoms with van der Waals surface area (Å²) in [7, 11) is 0. The average Bonchev–Trinajstić information content (AvgIpc) is 2.89. The first-order chi connectivity index (χ1) is 11.1. The third-order valence-electron chi connectivity index (χ3n) is 4.28. The second-order valence-corrected chi connectivity index (χ2v) is 7.10. The van der Waals surface area contributed by atoms with Crippen LogP contribution in [0.15, 0.2) is 0 Å². The van der Waals surface area contributed by atoms with Crippen molar-refractivity contribution in [2.45, 2.75) is 52.4 Å². The largest absolute Gasteiger partial charge is 0.478 e. The molecule has 5 nitrogen and oxygen atoms in total. The van der Waals surface area contributed by atoms with E-state index < -0.39 is 5.97 Å². The van der Waals surface area contributed by atoms with Crippen molar-refractivity contribution in [3.8, 4) is 0 Å². The molecule has 1 aliphatic carbocycles. The molecule has 0 unspecified atom stereocenters. The predicted molar refractivity (Wildman–Crippen MR) is 93.6 cm³/mol. The van der Waals surface area contributed by atoms with Gasteiger partial charge in [0, 0.05) is 4.88 Å². The summed E-state index contributed by atoms with van der Waals surface area (Å²) in [5.41, 5.74) is 1.25. The lowest BCUT2D eigenvalue weighted by Crippen LogP contribution is -2.34. The Morgan fingerprint density at radius 3 is 2.65 bits per heavy atom. The number of aromatic carboxylic acids is 1. The van der Waals surface area contributed by atoms with Gasteiger partial charge in [0.1, 0.15) is 5.00 Å². The van der Waals surface area contributed by atoms with Gasteiger partial charge < -0.3 is 10.4 Å². The van der Waals surface area contributed by atoms with E-state index in [1.807, 2.05) is 6.92 Å². The minimum Gasteiger partial charge on any atom is -0.478 e. The van der Waals surface area contributed by atoms with E-state index in [4.69, 9.17) is 0 Å². The Balaban J connectivity index is 2.08. The van der Waals surface area contributed by atoms with Crippen LogP contribution >= 0.6 is 11.3 Å². The molecule has 128 valence electrons. The molecule has 0 bridgehead atoms. The fourth-order valence-corrected chi connectivity index (χ4v) is 4.28. The third kappa shape index (κ3) is 4.54. The molecule has 1 aromatic heterocycles. The van der Waals surface area contributed by atoms with Crippen LogP contribution in [0, 0.1) is 0 Å². The van der Waals surface area contributed by atoms with E-state index in [9.17, 15) is 14.7 Å². The van der Waals surface area contributed by atoms with Gasteiger partial charge in [-0.25, -0.2) is 4.79 Å². The number of aryl methyl sites for hydroxylation is 1. The fourth-order valence-electron chi connectivity index (χ4n) is 2.98. The number of hydrogen-bond donors (Lipinski definition) is 2. The Morgan fingerprint density at radius 2 is 2.00 bits per heavy atom. The number of nitrogens with one attached hydrogen (secondary N) is 1. The molecule has 0 saturated heterocycles. The number of rotatable bonds is 8. The number of thiophene rings is 1. The summed E-state index contributed by atoms with van der Waals surface area (Å²) in [5, 5.41) is 12.9. The Kier molecular flexibility index (Phi) is 6.59. The highest BCUT2D eigenvalue weighted by Gasteiger charge is 2.26. The molecule has 0 aromatic carbocycles. The van der Waals surface area contributed by atoms with Gasteiger partial charge in [0.05, 0.1) is 12.1 Å². The minimum atomic E-state index is -0.932. The van der Waals surface area contributed by atoms with Crippen molar-refractivity contribution < 1.29 is 14.7 Å². The fraction of sp³-hybridized carbons (Fsp3) is 0.647. The van der Waals surface area contributed by atoms with E-state index in [2.05, 4.69) is 17.1 Å². The van der Waals surface area contributed by atoms with E-state index in [0.717, 1.165) is 62.1 Å². The van der Waals surface area contributed by atoms with Crippen LogP contribution in [0.5, 0.6) is 0 Å². The molecule has 0 fully saturated rings. The Labute approximate surface area is 141 Å². The number of carboxylic acid groups (broad SMARTS) is 1. The first-order valence-electron chi connectivity index (χ1n) is 8.46. The van der Waals surface area contributed by atoms with Gasteiger partial charge in [-0.15, -0.1) is 11.3 Å². The number of carboxylic acids is 1. The van der Waals surface area contributed by atoms with E-state index in [0.29, 0.717) is 17.1 Å². The molecule has 1 amide bonds. The minimum absolute atomic E-state index is 0.121. The van der Waals surface area contributed by atoms with Crippen LogP contribution in [0.1, 0.15) is 60.3 Å². The first-order valence-corrected chi connectivity index (χ1v) is 9.28. The maximum Gasteiger partial charge on any atom is 0.339 e. The zero-order valence-electron chi connectivity index (χ0n) is 14.0. The number of carbonyl (C=O) groups excluding carboxylic acids is 1. The molecular weight excluding hydrogens is 312 g/mol. The smallest absolute Gasteiger partial charge is 0.339 e.